The van der Waals surface area contributed by atoms with Crippen molar-refractivity contribution in [3.05, 3.63) is 28.4 Å². The highest BCUT2D eigenvalue weighted by Crippen LogP contribution is 2.52. The number of carbonyl (C=O) groups excluding carboxylic acids is 2. The van der Waals surface area contributed by atoms with Gasteiger partial charge < -0.3 is 16.2 Å². The second-order valence-corrected chi connectivity index (χ2v) is 8.20. The number of amides is 1. The summed E-state index contributed by atoms with van der Waals surface area (Å²) >= 11 is 0. The van der Waals surface area contributed by atoms with Crippen molar-refractivity contribution in [1.29, 1.82) is 0 Å². The third kappa shape index (κ3) is 3.40. The number of primary amides is 1. The number of nitrogens with two attached hydrogens (primary N) is 2. The summed E-state index contributed by atoms with van der Waals surface area (Å²) in [5, 5.41) is 0. The molecule has 2 atom stereocenters. The maximum atomic E-state index is 12.0. The number of hydrogen-bond acceptors (Lipinski definition) is 5. The van der Waals surface area contributed by atoms with Crippen LogP contribution >= 0.6 is 10.9 Å². The molecule has 1 fully saturated rings. The Bertz CT molecular complexity index is 685. The first kappa shape index (κ1) is 16.0. The Hall–Kier alpha value is -1.86. The summed E-state index contributed by atoms with van der Waals surface area (Å²) in [5.74, 6) is -0.0329. The largest absolute Gasteiger partial charge is 0.464 e. The van der Waals surface area contributed by atoms with Gasteiger partial charge in [0.05, 0.1) is 17.2 Å². The molecule has 2 aliphatic rings. The van der Waals surface area contributed by atoms with E-state index in [2.05, 4.69) is 4.98 Å². The molecule has 1 aromatic heterocycles. The van der Waals surface area contributed by atoms with Crippen molar-refractivity contribution in [2.24, 2.45) is 17.4 Å². The topological polar surface area (TPSA) is 108 Å². The van der Waals surface area contributed by atoms with Crippen molar-refractivity contribution in [2.45, 2.75) is 30.7 Å². The highest BCUT2D eigenvalue weighted by Gasteiger charge is 2.32. The standard InChI is InChI=1S/C16H21N3O3S/c1-9-4-5-19-12-6-13(15(18)20)23(14(9)12)8-11(17)16(21)22-7-10-2-3-10/h4-6,10-11,23H,2-3,7-8,17H2,1H3,(H2,18,20)/t11-/m0/s1. The summed E-state index contributed by atoms with van der Waals surface area (Å²) in [7, 11) is -1.07. The van der Waals surface area contributed by atoms with Crippen molar-refractivity contribution in [1.82, 2.24) is 4.98 Å². The third-order valence-corrected chi connectivity index (χ3v) is 6.89. The first-order valence-electron chi connectivity index (χ1n) is 7.64. The molecular weight excluding hydrogens is 314 g/mol. The fraction of sp³-hybridized carbons (Fsp3) is 0.438. The number of hydrogen-bond donors (Lipinski definition) is 3. The number of aromatic nitrogens is 1. The number of nitrogens with zero attached hydrogens (tertiary/aromatic N) is 1. The van der Waals surface area contributed by atoms with Gasteiger partial charge >= 0.3 is 5.97 Å². The van der Waals surface area contributed by atoms with Gasteiger partial charge in [0.2, 0.25) is 0 Å². The van der Waals surface area contributed by atoms with Crippen LogP contribution in [0.25, 0.3) is 6.08 Å². The summed E-state index contributed by atoms with van der Waals surface area (Å²) in [5.41, 5.74) is 13.3. The molecule has 23 heavy (non-hydrogen) atoms. The molecule has 0 spiro atoms. The van der Waals surface area contributed by atoms with Gasteiger partial charge in [-0.3, -0.25) is 14.6 Å². The van der Waals surface area contributed by atoms with Gasteiger partial charge in [0.1, 0.15) is 6.04 Å². The number of esters is 1. The van der Waals surface area contributed by atoms with Crippen LogP contribution in [0.1, 0.15) is 24.1 Å². The van der Waals surface area contributed by atoms with E-state index < -0.39 is 28.8 Å². The number of fused-ring (bicyclic) bond motifs is 1. The molecule has 2 heterocycles. The molecule has 1 unspecified atom stereocenters. The Kier molecular flexibility index (Phi) is 4.41. The van der Waals surface area contributed by atoms with Crippen LogP contribution < -0.4 is 11.5 Å². The summed E-state index contributed by atoms with van der Waals surface area (Å²) in [6, 6.07) is 1.14. The minimum atomic E-state index is -1.07. The van der Waals surface area contributed by atoms with E-state index in [9.17, 15) is 9.59 Å². The van der Waals surface area contributed by atoms with Crippen LogP contribution in [-0.2, 0) is 14.3 Å². The lowest BCUT2D eigenvalue weighted by molar-refractivity contribution is -0.145. The number of thiol groups is 1. The van der Waals surface area contributed by atoms with E-state index in [-0.39, 0.29) is 0 Å². The van der Waals surface area contributed by atoms with Crippen LogP contribution in [0.5, 0.6) is 0 Å². The molecule has 0 bridgehead atoms. The number of pyridine rings is 1. The average molecular weight is 335 g/mol. The van der Waals surface area contributed by atoms with E-state index in [0.29, 0.717) is 23.2 Å². The zero-order valence-corrected chi connectivity index (χ0v) is 13.9. The molecule has 0 radical (unpaired) electrons. The average Bonchev–Trinajstić information content (AvgIpc) is 3.26. The molecule has 1 amide bonds. The van der Waals surface area contributed by atoms with Crippen molar-refractivity contribution < 1.29 is 14.3 Å². The van der Waals surface area contributed by atoms with Gasteiger partial charge in [-0.1, -0.05) is 0 Å². The number of rotatable bonds is 6. The summed E-state index contributed by atoms with van der Waals surface area (Å²) < 4.78 is 5.25. The van der Waals surface area contributed by atoms with Gasteiger partial charge in [0.25, 0.3) is 5.91 Å². The van der Waals surface area contributed by atoms with Gasteiger partial charge in [-0.05, 0) is 43.4 Å². The van der Waals surface area contributed by atoms with Gasteiger partial charge in [-0.15, -0.1) is 0 Å². The van der Waals surface area contributed by atoms with Crippen LogP contribution in [0, 0.1) is 12.8 Å². The maximum absolute atomic E-state index is 12.0. The Morgan fingerprint density at radius 2 is 2.22 bits per heavy atom. The first-order valence-corrected chi connectivity index (χ1v) is 9.17. The van der Waals surface area contributed by atoms with E-state index in [4.69, 9.17) is 16.2 Å². The molecule has 4 N–H and O–H groups in total. The SMILES string of the molecule is Cc1ccnc2c1[SH](C[C@H](N)C(=O)OCC1CC1)C(C(N)=O)=C2. The fourth-order valence-electron chi connectivity index (χ4n) is 2.61. The lowest BCUT2D eigenvalue weighted by Crippen LogP contribution is -2.36. The quantitative estimate of drug-likeness (QED) is 0.528. The lowest BCUT2D eigenvalue weighted by Gasteiger charge is -2.23. The van der Waals surface area contributed by atoms with Crippen LogP contribution in [0.2, 0.25) is 0 Å². The zero-order valence-electron chi connectivity index (χ0n) is 13.0. The summed E-state index contributed by atoms with van der Waals surface area (Å²) in [4.78, 5) is 29.6. The monoisotopic (exact) mass is 335 g/mol. The lowest BCUT2D eigenvalue weighted by atomic mass is 10.2. The van der Waals surface area contributed by atoms with Crippen LogP contribution in [-0.4, -0.2) is 35.3 Å². The molecule has 6 nitrogen and oxygen atoms in total. The Morgan fingerprint density at radius 1 is 1.48 bits per heavy atom. The normalized spacial score (nSPS) is 22.2. The van der Waals surface area contributed by atoms with E-state index >= 15 is 0 Å². The Balaban J connectivity index is 1.75. The highest BCUT2D eigenvalue weighted by molar-refractivity contribution is 8.21. The van der Waals surface area contributed by atoms with Crippen molar-refractivity contribution >= 4 is 28.8 Å². The number of ether oxygens (including phenoxy) is 1. The van der Waals surface area contributed by atoms with E-state index in [1.807, 2.05) is 13.0 Å². The molecule has 124 valence electrons. The molecule has 0 saturated heterocycles. The highest BCUT2D eigenvalue weighted by atomic mass is 32.2. The van der Waals surface area contributed by atoms with Crippen molar-refractivity contribution in [2.75, 3.05) is 12.4 Å². The molecule has 3 rings (SSSR count). The second kappa shape index (κ2) is 6.33. The smallest absolute Gasteiger partial charge is 0.323 e. The first-order chi connectivity index (χ1) is 11.0. The fourth-order valence-corrected chi connectivity index (χ4v) is 5.22. The second-order valence-electron chi connectivity index (χ2n) is 6.05. The number of carbonyl (C=O) groups is 2. The zero-order chi connectivity index (χ0) is 16.6. The molecule has 1 aliphatic carbocycles. The van der Waals surface area contributed by atoms with Gasteiger partial charge in [0, 0.05) is 16.8 Å². The predicted molar refractivity (Wildman–Crippen MR) is 89.9 cm³/mol. The third-order valence-electron chi connectivity index (χ3n) is 4.08. The Labute approximate surface area is 137 Å². The summed E-state index contributed by atoms with van der Waals surface area (Å²) in [6.45, 7) is 2.41. The molecule has 1 aliphatic heterocycles. The van der Waals surface area contributed by atoms with Crippen molar-refractivity contribution in [3.8, 4) is 0 Å². The molecule has 0 aromatic carbocycles. The van der Waals surface area contributed by atoms with Gasteiger partial charge in [0.15, 0.2) is 0 Å². The minimum absolute atomic E-state index is 0.354. The molecule has 1 saturated carbocycles. The minimum Gasteiger partial charge on any atom is -0.464 e. The molecule has 7 heteroatoms. The van der Waals surface area contributed by atoms with E-state index in [1.165, 1.54) is 0 Å². The van der Waals surface area contributed by atoms with Gasteiger partial charge in [-0.25, -0.2) is 0 Å². The van der Waals surface area contributed by atoms with E-state index in [1.54, 1.807) is 12.3 Å². The Morgan fingerprint density at radius 3 is 2.87 bits per heavy atom. The predicted octanol–water partition coefficient (Wildman–Crippen LogP) is 0.870. The molecular formula is C16H21N3O3S. The van der Waals surface area contributed by atoms with Crippen LogP contribution in [0.15, 0.2) is 22.1 Å². The number of aryl methyl sites for hydroxylation is 1. The van der Waals surface area contributed by atoms with E-state index in [0.717, 1.165) is 29.0 Å². The van der Waals surface area contributed by atoms with Gasteiger partial charge in [-0.2, -0.15) is 10.9 Å². The summed E-state index contributed by atoms with van der Waals surface area (Å²) in [6.07, 6.45) is 5.65. The maximum Gasteiger partial charge on any atom is 0.323 e. The van der Waals surface area contributed by atoms with Crippen LogP contribution in [0.4, 0.5) is 0 Å². The van der Waals surface area contributed by atoms with Crippen LogP contribution in [0.3, 0.4) is 0 Å². The molecule has 1 aromatic rings. The van der Waals surface area contributed by atoms with Crippen molar-refractivity contribution in [3.63, 3.8) is 0 Å².